The van der Waals surface area contributed by atoms with Gasteiger partial charge in [0.25, 0.3) is 11.8 Å². The molecule has 3 amide bonds. The number of nitrogens with one attached hydrogen (secondary N) is 2. The maximum atomic E-state index is 14.6. The first-order chi connectivity index (χ1) is 18.3. The Kier molecular flexibility index (Phi) is 9.19. The van der Waals surface area contributed by atoms with Gasteiger partial charge in [-0.2, -0.15) is 17.5 Å². The number of hydrogen-bond donors (Lipinski definition) is 4. The Bertz CT molecular complexity index is 1380. The van der Waals surface area contributed by atoms with E-state index in [1.807, 2.05) is 0 Å². The number of halogens is 5. The van der Waals surface area contributed by atoms with Gasteiger partial charge in [0, 0.05) is 11.6 Å². The van der Waals surface area contributed by atoms with Crippen LogP contribution < -0.4 is 21.1 Å². The SMILES string of the molecule is CC(Oc1ccc(C(=O)NCC(F)(F)F)c(F)c1)c1cc(-c2ccc(C(=O)N[C@@H](CO)C(N)=O)c(F)c2)ns1. The monoisotopic (exact) mass is 572 g/mol. The average Bonchev–Trinajstić information content (AvgIpc) is 3.35. The van der Waals surface area contributed by atoms with Gasteiger partial charge in [-0.25, -0.2) is 8.78 Å². The Morgan fingerprint density at radius 2 is 1.69 bits per heavy atom. The number of benzene rings is 2. The van der Waals surface area contributed by atoms with Crippen molar-refractivity contribution in [3.63, 3.8) is 0 Å². The summed E-state index contributed by atoms with van der Waals surface area (Å²) in [4.78, 5) is 35.7. The summed E-state index contributed by atoms with van der Waals surface area (Å²) >= 11 is 1.00. The van der Waals surface area contributed by atoms with E-state index in [0.29, 0.717) is 16.1 Å². The number of aliphatic hydroxyl groups is 1. The second-order valence-electron chi connectivity index (χ2n) is 8.12. The number of ether oxygens (including phenoxy) is 1. The largest absolute Gasteiger partial charge is 0.485 e. The lowest BCUT2D eigenvalue weighted by Crippen LogP contribution is -2.47. The van der Waals surface area contributed by atoms with Gasteiger partial charge < -0.3 is 26.2 Å². The number of rotatable bonds is 10. The molecular weight excluding hydrogens is 551 g/mol. The molecule has 0 radical (unpaired) electrons. The van der Waals surface area contributed by atoms with Gasteiger partial charge in [-0.1, -0.05) is 6.07 Å². The minimum Gasteiger partial charge on any atom is -0.485 e. The summed E-state index contributed by atoms with van der Waals surface area (Å²) < 4.78 is 75.6. The van der Waals surface area contributed by atoms with Gasteiger partial charge in [0.2, 0.25) is 5.91 Å². The predicted molar refractivity (Wildman–Crippen MR) is 129 cm³/mol. The Balaban J connectivity index is 1.68. The number of hydrogen-bond acceptors (Lipinski definition) is 7. The molecule has 0 fully saturated rings. The number of amides is 3. The van der Waals surface area contributed by atoms with Crippen molar-refractivity contribution in [3.05, 3.63) is 70.1 Å². The molecule has 1 heterocycles. The van der Waals surface area contributed by atoms with Crippen LogP contribution in [0.3, 0.4) is 0 Å². The molecule has 1 unspecified atom stereocenters. The van der Waals surface area contributed by atoms with E-state index in [2.05, 4.69) is 9.69 Å². The Labute approximate surface area is 221 Å². The summed E-state index contributed by atoms with van der Waals surface area (Å²) in [5.41, 5.74) is 4.72. The molecular formula is C24H21F5N4O5S. The zero-order chi connectivity index (χ0) is 28.9. The van der Waals surface area contributed by atoms with Crippen molar-refractivity contribution in [2.75, 3.05) is 13.2 Å². The molecule has 0 aliphatic carbocycles. The van der Waals surface area contributed by atoms with Crippen LogP contribution in [-0.2, 0) is 4.79 Å². The highest BCUT2D eigenvalue weighted by Crippen LogP contribution is 2.30. The highest BCUT2D eigenvalue weighted by atomic mass is 32.1. The summed E-state index contributed by atoms with van der Waals surface area (Å²) in [6, 6.07) is 6.91. The van der Waals surface area contributed by atoms with Crippen LogP contribution in [-0.4, -0.2) is 52.6 Å². The second kappa shape index (κ2) is 12.2. The number of aromatic nitrogens is 1. The topological polar surface area (TPSA) is 144 Å². The number of alkyl halides is 3. The molecule has 208 valence electrons. The van der Waals surface area contributed by atoms with E-state index >= 15 is 0 Å². The van der Waals surface area contributed by atoms with E-state index in [9.17, 15) is 36.3 Å². The maximum Gasteiger partial charge on any atom is 0.405 e. The van der Waals surface area contributed by atoms with Crippen molar-refractivity contribution < 1.29 is 46.2 Å². The molecule has 15 heteroatoms. The number of carbonyl (C=O) groups is 3. The number of nitrogens with zero attached hydrogens (tertiary/aromatic N) is 1. The predicted octanol–water partition coefficient (Wildman–Crippen LogP) is 3.10. The lowest BCUT2D eigenvalue weighted by Gasteiger charge is -2.14. The zero-order valence-corrected chi connectivity index (χ0v) is 20.8. The lowest BCUT2D eigenvalue weighted by molar-refractivity contribution is -0.123. The van der Waals surface area contributed by atoms with Crippen molar-refractivity contribution in [2.45, 2.75) is 25.2 Å². The summed E-state index contributed by atoms with van der Waals surface area (Å²) in [5, 5.41) is 12.8. The third kappa shape index (κ3) is 7.70. The fourth-order valence-corrected chi connectivity index (χ4v) is 3.93. The highest BCUT2D eigenvalue weighted by molar-refractivity contribution is 7.06. The normalized spacial score (nSPS) is 12.9. The second-order valence-corrected chi connectivity index (χ2v) is 8.96. The third-order valence-electron chi connectivity index (χ3n) is 5.22. The summed E-state index contributed by atoms with van der Waals surface area (Å²) in [7, 11) is 0. The molecule has 1 aromatic heterocycles. The molecule has 2 aromatic carbocycles. The van der Waals surface area contributed by atoms with Crippen LogP contribution in [0.4, 0.5) is 22.0 Å². The van der Waals surface area contributed by atoms with Crippen LogP contribution in [0.25, 0.3) is 11.3 Å². The Hall–Kier alpha value is -4.11. The standard InChI is InChI=1S/C24H21F5N4O5S/c1-11(38-13-3-5-14(17(26)7-13)22(36)31-10-24(27,28)29)20-8-18(33-39-20)12-2-4-15(16(25)6-12)23(37)32-19(9-34)21(30)35/h2-8,11,19,34H,9-10H2,1H3,(H2,30,35)(H,31,36)(H,32,37)/t11?,19-/m0/s1. The molecule has 2 atom stereocenters. The highest BCUT2D eigenvalue weighted by Gasteiger charge is 2.28. The average molecular weight is 573 g/mol. The smallest absolute Gasteiger partial charge is 0.405 e. The summed E-state index contributed by atoms with van der Waals surface area (Å²) in [6.45, 7) is -0.742. The third-order valence-corrected chi connectivity index (χ3v) is 6.17. The van der Waals surface area contributed by atoms with Crippen LogP contribution in [0.15, 0.2) is 42.5 Å². The molecule has 3 rings (SSSR count). The molecule has 3 aromatic rings. The van der Waals surface area contributed by atoms with Crippen molar-refractivity contribution in [1.82, 2.24) is 15.0 Å². The minimum atomic E-state index is -4.64. The lowest BCUT2D eigenvalue weighted by atomic mass is 10.1. The number of nitrogens with two attached hydrogens (primary N) is 1. The molecule has 0 aliphatic heterocycles. The summed E-state index contributed by atoms with van der Waals surface area (Å²) in [6.07, 6.45) is -5.32. The van der Waals surface area contributed by atoms with E-state index < -0.39 is 66.4 Å². The Morgan fingerprint density at radius 3 is 2.28 bits per heavy atom. The van der Waals surface area contributed by atoms with Crippen LogP contribution in [0, 0.1) is 11.6 Å². The van der Waals surface area contributed by atoms with Crippen molar-refractivity contribution >= 4 is 29.3 Å². The first-order valence-electron chi connectivity index (χ1n) is 11.1. The van der Waals surface area contributed by atoms with Crippen molar-refractivity contribution in [1.29, 1.82) is 0 Å². The molecule has 0 saturated heterocycles. The number of carbonyl (C=O) groups excluding carboxylic acids is 3. The van der Waals surface area contributed by atoms with Gasteiger partial charge in [-0.05, 0) is 48.8 Å². The Morgan fingerprint density at radius 1 is 1.05 bits per heavy atom. The fraction of sp³-hybridized carbons (Fsp3) is 0.250. The van der Waals surface area contributed by atoms with Crippen molar-refractivity contribution in [3.8, 4) is 17.0 Å². The molecule has 0 saturated carbocycles. The number of aliphatic hydroxyl groups excluding tert-OH is 1. The van der Waals surface area contributed by atoms with Crippen LogP contribution >= 0.6 is 11.5 Å². The maximum absolute atomic E-state index is 14.6. The summed E-state index contributed by atoms with van der Waals surface area (Å²) in [5.74, 6) is -5.16. The number of primary amides is 1. The van der Waals surface area contributed by atoms with Crippen LogP contribution in [0.1, 0.15) is 38.6 Å². The van der Waals surface area contributed by atoms with Crippen LogP contribution in [0.2, 0.25) is 0 Å². The molecule has 5 N–H and O–H groups in total. The molecule has 0 aliphatic rings. The fourth-order valence-electron chi connectivity index (χ4n) is 3.21. The van der Waals surface area contributed by atoms with E-state index in [1.54, 1.807) is 18.3 Å². The molecule has 0 bridgehead atoms. The first-order valence-corrected chi connectivity index (χ1v) is 11.8. The molecule has 0 spiro atoms. The van der Waals surface area contributed by atoms with Gasteiger partial charge in [-0.15, -0.1) is 0 Å². The van der Waals surface area contributed by atoms with Gasteiger partial charge in [-0.3, -0.25) is 14.4 Å². The first kappa shape index (κ1) is 29.4. The van der Waals surface area contributed by atoms with Gasteiger partial charge in [0.1, 0.15) is 36.1 Å². The molecule has 9 nitrogen and oxygen atoms in total. The van der Waals surface area contributed by atoms with Crippen LogP contribution in [0.5, 0.6) is 5.75 Å². The van der Waals surface area contributed by atoms with Gasteiger partial charge in [0.05, 0.1) is 28.3 Å². The minimum absolute atomic E-state index is 0.000811. The van der Waals surface area contributed by atoms with Gasteiger partial charge >= 0.3 is 6.18 Å². The van der Waals surface area contributed by atoms with E-state index in [-0.39, 0.29) is 11.3 Å². The van der Waals surface area contributed by atoms with Crippen molar-refractivity contribution in [2.24, 2.45) is 5.73 Å². The van der Waals surface area contributed by atoms with E-state index in [0.717, 1.165) is 29.7 Å². The molecule has 39 heavy (non-hydrogen) atoms. The van der Waals surface area contributed by atoms with E-state index in [1.165, 1.54) is 18.2 Å². The quantitative estimate of drug-likeness (QED) is 0.275. The zero-order valence-electron chi connectivity index (χ0n) is 20.0. The van der Waals surface area contributed by atoms with E-state index in [4.69, 9.17) is 15.6 Å². The van der Waals surface area contributed by atoms with Gasteiger partial charge in [0.15, 0.2) is 0 Å².